The van der Waals surface area contributed by atoms with Crippen molar-refractivity contribution in [2.45, 2.75) is 38.6 Å². The lowest BCUT2D eigenvalue weighted by Gasteiger charge is -2.19. The van der Waals surface area contributed by atoms with E-state index in [0.29, 0.717) is 6.42 Å². The van der Waals surface area contributed by atoms with Gasteiger partial charge in [0.15, 0.2) is 11.9 Å². The van der Waals surface area contributed by atoms with Crippen LogP contribution in [0.1, 0.15) is 37.5 Å². The standard InChI is InChI=1S/C9H13N3O2/c1-2-7-10-8-5-3-4-6(9(13)14)12(8)11-7/h6H,2-5H2,1H3,(H,13,14). The van der Waals surface area contributed by atoms with Gasteiger partial charge in [-0.2, -0.15) is 5.10 Å². The van der Waals surface area contributed by atoms with Gasteiger partial charge in [0, 0.05) is 12.8 Å². The first-order valence-corrected chi connectivity index (χ1v) is 4.89. The number of aliphatic carboxylic acids is 1. The van der Waals surface area contributed by atoms with Gasteiger partial charge < -0.3 is 5.11 Å². The molecule has 0 saturated carbocycles. The molecule has 2 heterocycles. The van der Waals surface area contributed by atoms with Gasteiger partial charge in [-0.25, -0.2) is 14.5 Å². The van der Waals surface area contributed by atoms with Crippen LogP contribution < -0.4 is 0 Å². The molecule has 1 aliphatic rings. The van der Waals surface area contributed by atoms with Crippen molar-refractivity contribution in [1.82, 2.24) is 14.8 Å². The van der Waals surface area contributed by atoms with Gasteiger partial charge in [0.1, 0.15) is 5.82 Å². The van der Waals surface area contributed by atoms with E-state index in [2.05, 4.69) is 10.1 Å². The number of aromatic nitrogens is 3. The number of carboxylic acids is 1. The number of fused-ring (bicyclic) bond motifs is 1. The van der Waals surface area contributed by atoms with Crippen molar-refractivity contribution < 1.29 is 9.90 Å². The Morgan fingerprint density at radius 2 is 2.50 bits per heavy atom. The van der Waals surface area contributed by atoms with Crippen LogP contribution in [-0.4, -0.2) is 25.8 Å². The SMILES string of the molecule is CCc1nc2n(n1)C(C(=O)O)CCC2. The lowest BCUT2D eigenvalue weighted by Crippen LogP contribution is -2.26. The molecule has 0 radical (unpaired) electrons. The maximum atomic E-state index is 10.9. The second-order valence-corrected chi connectivity index (χ2v) is 3.49. The van der Waals surface area contributed by atoms with E-state index in [1.807, 2.05) is 6.92 Å². The van der Waals surface area contributed by atoms with Crippen LogP contribution in [0.15, 0.2) is 0 Å². The van der Waals surface area contributed by atoms with Crippen LogP contribution in [0.2, 0.25) is 0 Å². The molecule has 0 bridgehead atoms. The molecule has 0 spiro atoms. The highest BCUT2D eigenvalue weighted by atomic mass is 16.4. The molecule has 1 aromatic heterocycles. The minimum absolute atomic E-state index is 0.508. The Bertz CT molecular complexity index is 359. The third kappa shape index (κ3) is 1.38. The van der Waals surface area contributed by atoms with Crippen LogP contribution in [0.5, 0.6) is 0 Å². The highest BCUT2D eigenvalue weighted by Gasteiger charge is 2.27. The van der Waals surface area contributed by atoms with Crippen molar-refractivity contribution in [3.63, 3.8) is 0 Å². The summed E-state index contributed by atoms with van der Waals surface area (Å²) in [6, 6.07) is -0.508. The summed E-state index contributed by atoms with van der Waals surface area (Å²) in [5, 5.41) is 13.2. The number of nitrogens with zero attached hydrogens (tertiary/aromatic N) is 3. The monoisotopic (exact) mass is 195 g/mol. The Morgan fingerprint density at radius 1 is 1.71 bits per heavy atom. The quantitative estimate of drug-likeness (QED) is 0.758. The zero-order chi connectivity index (χ0) is 10.1. The van der Waals surface area contributed by atoms with Gasteiger partial charge in [-0.15, -0.1) is 0 Å². The summed E-state index contributed by atoms with van der Waals surface area (Å²) in [6.45, 7) is 1.97. The molecule has 1 N–H and O–H groups in total. The van der Waals surface area contributed by atoms with Gasteiger partial charge in [0.05, 0.1) is 0 Å². The largest absolute Gasteiger partial charge is 0.480 e. The molecule has 76 valence electrons. The summed E-state index contributed by atoms with van der Waals surface area (Å²) in [4.78, 5) is 15.2. The summed E-state index contributed by atoms with van der Waals surface area (Å²) < 4.78 is 1.57. The number of hydrogen-bond acceptors (Lipinski definition) is 3. The van der Waals surface area contributed by atoms with Crippen molar-refractivity contribution in [2.75, 3.05) is 0 Å². The number of carbonyl (C=O) groups is 1. The van der Waals surface area contributed by atoms with Crippen molar-refractivity contribution >= 4 is 5.97 Å². The third-order valence-corrected chi connectivity index (χ3v) is 2.52. The van der Waals surface area contributed by atoms with Crippen LogP contribution in [-0.2, 0) is 17.6 Å². The summed E-state index contributed by atoms with van der Waals surface area (Å²) in [7, 11) is 0. The number of aryl methyl sites for hydroxylation is 2. The first kappa shape index (κ1) is 9.18. The molecule has 0 aromatic carbocycles. The van der Waals surface area contributed by atoms with Gasteiger partial charge in [0.25, 0.3) is 0 Å². The molecule has 0 saturated heterocycles. The average Bonchev–Trinajstić information content (AvgIpc) is 2.59. The minimum atomic E-state index is -0.807. The predicted octanol–water partition coefficient (Wildman–Crippen LogP) is 0.802. The van der Waals surface area contributed by atoms with Gasteiger partial charge in [-0.05, 0) is 12.8 Å². The van der Waals surface area contributed by atoms with Gasteiger partial charge >= 0.3 is 5.97 Å². The van der Waals surface area contributed by atoms with Gasteiger partial charge in [-0.3, -0.25) is 0 Å². The van der Waals surface area contributed by atoms with Crippen LogP contribution in [0, 0.1) is 0 Å². The summed E-state index contributed by atoms with van der Waals surface area (Å²) in [5.41, 5.74) is 0. The molecular weight excluding hydrogens is 182 g/mol. The Balaban J connectivity index is 2.38. The molecule has 5 nitrogen and oxygen atoms in total. The fourth-order valence-corrected chi connectivity index (χ4v) is 1.78. The summed E-state index contributed by atoms with van der Waals surface area (Å²) in [6.07, 6.45) is 3.15. The smallest absolute Gasteiger partial charge is 0.328 e. The molecule has 1 aromatic rings. The van der Waals surface area contributed by atoms with Crippen LogP contribution in [0.4, 0.5) is 0 Å². The van der Waals surface area contributed by atoms with E-state index in [1.54, 1.807) is 4.68 Å². The predicted molar refractivity (Wildman–Crippen MR) is 49.0 cm³/mol. The van der Waals surface area contributed by atoms with E-state index in [-0.39, 0.29) is 0 Å². The van der Waals surface area contributed by atoms with E-state index < -0.39 is 12.0 Å². The molecule has 1 aliphatic heterocycles. The maximum absolute atomic E-state index is 10.9. The van der Waals surface area contributed by atoms with Crippen molar-refractivity contribution in [1.29, 1.82) is 0 Å². The molecule has 0 fully saturated rings. The van der Waals surface area contributed by atoms with Crippen LogP contribution in [0.3, 0.4) is 0 Å². The zero-order valence-corrected chi connectivity index (χ0v) is 8.10. The summed E-state index contributed by atoms with van der Waals surface area (Å²) >= 11 is 0. The molecule has 2 rings (SSSR count). The van der Waals surface area contributed by atoms with E-state index in [0.717, 1.165) is 30.9 Å². The summed E-state index contributed by atoms with van der Waals surface area (Å²) in [5.74, 6) is 0.757. The van der Waals surface area contributed by atoms with Gasteiger partial charge in [-0.1, -0.05) is 6.92 Å². The van der Waals surface area contributed by atoms with Gasteiger partial charge in [0.2, 0.25) is 0 Å². The Kier molecular flexibility index (Phi) is 2.23. The Hall–Kier alpha value is -1.39. The highest BCUT2D eigenvalue weighted by Crippen LogP contribution is 2.23. The highest BCUT2D eigenvalue weighted by molar-refractivity contribution is 5.71. The second kappa shape index (κ2) is 3.40. The molecule has 1 unspecified atom stereocenters. The first-order valence-electron chi connectivity index (χ1n) is 4.89. The first-order chi connectivity index (χ1) is 6.72. The van der Waals surface area contributed by atoms with Crippen molar-refractivity contribution in [3.05, 3.63) is 11.6 Å². The number of carboxylic acid groups (broad SMARTS) is 1. The topological polar surface area (TPSA) is 68.0 Å². The molecular formula is C9H13N3O2. The van der Waals surface area contributed by atoms with E-state index in [4.69, 9.17) is 5.11 Å². The van der Waals surface area contributed by atoms with Crippen molar-refractivity contribution in [2.24, 2.45) is 0 Å². The minimum Gasteiger partial charge on any atom is -0.480 e. The normalized spacial score (nSPS) is 20.5. The number of hydrogen-bond donors (Lipinski definition) is 1. The zero-order valence-electron chi connectivity index (χ0n) is 8.10. The Labute approximate surface area is 81.8 Å². The van der Waals surface area contributed by atoms with E-state index >= 15 is 0 Å². The molecule has 5 heteroatoms. The fourth-order valence-electron chi connectivity index (χ4n) is 1.78. The van der Waals surface area contributed by atoms with E-state index in [9.17, 15) is 4.79 Å². The van der Waals surface area contributed by atoms with Crippen molar-refractivity contribution in [3.8, 4) is 0 Å². The molecule has 1 atom stereocenters. The fraction of sp³-hybridized carbons (Fsp3) is 0.667. The molecule has 0 amide bonds. The maximum Gasteiger partial charge on any atom is 0.328 e. The lowest BCUT2D eigenvalue weighted by atomic mass is 10.1. The average molecular weight is 195 g/mol. The molecule has 0 aliphatic carbocycles. The van der Waals surface area contributed by atoms with E-state index in [1.165, 1.54) is 0 Å². The third-order valence-electron chi connectivity index (χ3n) is 2.52. The lowest BCUT2D eigenvalue weighted by molar-refractivity contribution is -0.141. The second-order valence-electron chi connectivity index (χ2n) is 3.49. The number of rotatable bonds is 2. The Morgan fingerprint density at radius 3 is 3.14 bits per heavy atom. The van der Waals surface area contributed by atoms with Crippen LogP contribution in [0.25, 0.3) is 0 Å². The van der Waals surface area contributed by atoms with Crippen LogP contribution >= 0.6 is 0 Å². The molecule has 14 heavy (non-hydrogen) atoms.